The monoisotopic (exact) mass is 404 g/mol. The minimum Gasteiger partial charge on any atom is -0.497 e. The van der Waals surface area contributed by atoms with Gasteiger partial charge in [0.2, 0.25) is 0 Å². The molecule has 0 atom stereocenters. The van der Waals surface area contributed by atoms with Gasteiger partial charge >= 0.3 is 0 Å². The van der Waals surface area contributed by atoms with E-state index in [9.17, 15) is 8.42 Å². The molecule has 0 unspecified atom stereocenters. The molecule has 0 radical (unpaired) electrons. The van der Waals surface area contributed by atoms with Crippen LogP contribution in [0.15, 0.2) is 83.8 Å². The average molecular weight is 404 g/mol. The summed E-state index contributed by atoms with van der Waals surface area (Å²) in [5.41, 5.74) is 3.54. The van der Waals surface area contributed by atoms with E-state index < -0.39 is 10.0 Å². The number of ether oxygens (including phenoxy) is 1. The van der Waals surface area contributed by atoms with Crippen LogP contribution >= 0.6 is 0 Å². The molecule has 0 fully saturated rings. The number of aryl methyl sites for hydroxylation is 1. The first-order valence-corrected chi connectivity index (χ1v) is 10.6. The van der Waals surface area contributed by atoms with Crippen LogP contribution in [0, 0.1) is 6.92 Å². The number of aromatic nitrogens is 1. The van der Waals surface area contributed by atoms with Crippen LogP contribution in [0.4, 0.5) is 5.82 Å². The summed E-state index contributed by atoms with van der Waals surface area (Å²) in [4.78, 5) is 4.71. The van der Waals surface area contributed by atoms with Crippen molar-refractivity contribution in [2.75, 3.05) is 11.8 Å². The van der Waals surface area contributed by atoms with Gasteiger partial charge < -0.3 is 4.74 Å². The summed E-state index contributed by atoms with van der Waals surface area (Å²) in [5.74, 6) is 1.03. The molecule has 0 bridgehead atoms. The molecule has 0 aliphatic rings. The van der Waals surface area contributed by atoms with Crippen molar-refractivity contribution < 1.29 is 13.2 Å². The number of nitrogens with one attached hydrogen (secondary N) is 1. The predicted octanol–water partition coefficient (Wildman–Crippen LogP) is 5.02. The van der Waals surface area contributed by atoms with Crippen molar-refractivity contribution in [3.05, 3.63) is 84.4 Å². The molecule has 0 aliphatic carbocycles. The van der Waals surface area contributed by atoms with Crippen LogP contribution in [-0.4, -0.2) is 20.5 Å². The Morgan fingerprint density at radius 1 is 0.897 bits per heavy atom. The lowest BCUT2D eigenvalue weighted by atomic mass is 10.0. The number of methoxy groups -OCH3 is 1. The van der Waals surface area contributed by atoms with Gasteiger partial charge in [0.05, 0.1) is 17.5 Å². The predicted molar refractivity (Wildman–Crippen MR) is 116 cm³/mol. The largest absolute Gasteiger partial charge is 0.497 e. The van der Waals surface area contributed by atoms with E-state index in [-0.39, 0.29) is 10.7 Å². The van der Waals surface area contributed by atoms with Gasteiger partial charge in [0.25, 0.3) is 10.0 Å². The number of sulfonamides is 1. The molecule has 4 rings (SSSR count). The van der Waals surface area contributed by atoms with E-state index >= 15 is 0 Å². The number of benzene rings is 3. The third-order valence-corrected chi connectivity index (χ3v) is 6.06. The third-order valence-electron chi connectivity index (χ3n) is 4.69. The number of hydrogen-bond donors (Lipinski definition) is 1. The Balaban J connectivity index is 1.80. The van der Waals surface area contributed by atoms with Crippen molar-refractivity contribution in [2.45, 2.75) is 11.8 Å². The lowest BCUT2D eigenvalue weighted by Crippen LogP contribution is -2.14. The summed E-state index contributed by atoms with van der Waals surface area (Å²) in [6.07, 6.45) is 0. The van der Waals surface area contributed by atoms with Gasteiger partial charge in [0.15, 0.2) is 0 Å². The number of fused-ring (bicyclic) bond motifs is 1. The molecule has 1 N–H and O–H groups in total. The normalized spacial score (nSPS) is 11.4. The van der Waals surface area contributed by atoms with Crippen LogP contribution in [0.25, 0.3) is 22.0 Å². The summed E-state index contributed by atoms with van der Waals surface area (Å²) in [6.45, 7) is 1.91. The highest BCUT2D eigenvalue weighted by Crippen LogP contribution is 2.32. The zero-order valence-corrected chi connectivity index (χ0v) is 16.9. The average Bonchev–Trinajstić information content (AvgIpc) is 2.73. The van der Waals surface area contributed by atoms with Crippen LogP contribution in [0.2, 0.25) is 0 Å². The maximum atomic E-state index is 12.8. The van der Waals surface area contributed by atoms with E-state index in [1.807, 2.05) is 55.5 Å². The van der Waals surface area contributed by atoms with E-state index in [0.717, 1.165) is 27.8 Å². The molecular weight excluding hydrogens is 384 g/mol. The molecule has 146 valence electrons. The van der Waals surface area contributed by atoms with Gasteiger partial charge in [-0.25, -0.2) is 13.4 Å². The summed E-state index contributed by atoms with van der Waals surface area (Å²) in [6, 6.07) is 23.8. The summed E-state index contributed by atoms with van der Waals surface area (Å²) in [7, 11) is -2.12. The van der Waals surface area contributed by atoms with Crippen molar-refractivity contribution in [3.8, 4) is 16.9 Å². The Morgan fingerprint density at radius 2 is 1.59 bits per heavy atom. The number of nitrogens with zero attached hydrogens (tertiary/aromatic N) is 1. The van der Waals surface area contributed by atoms with Gasteiger partial charge in [-0.1, -0.05) is 48.0 Å². The minimum atomic E-state index is -3.74. The molecule has 5 nitrogen and oxygen atoms in total. The smallest absolute Gasteiger partial charge is 0.263 e. The van der Waals surface area contributed by atoms with Gasteiger partial charge in [-0.15, -0.1) is 0 Å². The van der Waals surface area contributed by atoms with Crippen molar-refractivity contribution in [2.24, 2.45) is 0 Å². The molecule has 0 saturated heterocycles. The summed E-state index contributed by atoms with van der Waals surface area (Å²) < 4.78 is 33.5. The van der Waals surface area contributed by atoms with Crippen molar-refractivity contribution in [1.29, 1.82) is 0 Å². The molecule has 0 amide bonds. The Hall–Kier alpha value is -3.38. The highest BCUT2D eigenvalue weighted by Gasteiger charge is 2.16. The SMILES string of the molecule is COc1ccc(-c2cc(NS(=O)(=O)c3ccc(C)cc3)nc3ccccc23)cc1. The minimum absolute atomic E-state index is 0.198. The molecule has 6 heteroatoms. The van der Waals surface area contributed by atoms with Gasteiger partial charge in [0, 0.05) is 5.39 Å². The van der Waals surface area contributed by atoms with E-state index in [1.54, 1.807) is 37.4 Å². The molecule has 0 saturated carbocycles. The van der Waals surface area contributed by atoms with E-state index in [2.05, 4.69) is 9.71 Å². The van der Waals surface area contributed by atoms with Crippen LogP contribution in [0.3, 0.4) is 0 Å². The van der Waals surface area contributed by atoms with Gasteiger partial charge in [-0.05, 0) is 54.4 Å². The maximum absolute atomic E-state index is 12.8. The second-order valence-electron chi connectivity index (χ2n) is 6.72. The Kier molecular flexibility index (Phi) is 4.94. The highest BCUT2D eigenvalue weighted by molar-refractivity contribution is 7.92. The standard InChI is InChI=1S/C23H20N2O3S/c1-16-7-13-19(14-8-16)29(26,27)25-23-15-21(17-9-11-18(28-2)12-10-17)20-5-3-4-6-22(20)24-23/h3-15H,1-2H3,(H,24,25). The topological polar surface area (TPSA) is 68.3 Å². The van der Waals surface area contributed by atoms with Crippen molar-refractivity contribution in [1.82, 2.24) is 4.98 Å². The quantitative estimate of drug-likeness (QED) is 0.507. The molecule has 29 heavy (non-hydrogen) atoms. The third kappa shape index (κ3) is 3.93. The zero-order chi connectivity index (χ0) is 20.4. The molecule has 0 aliphatic heterocycles. The zero-order valence-electron chi connectivity index (χ0n) is 16.1. The molecule has 3 aromatic carbocycles. The van der Waals surface area contributed by atoms with Gasteiger partial charge in [0.1, 0.15) is 11.6 Å². The number of anilines is 1. The second-order valence-corrected chi connectivity index (χ2v) is 8.40. The number of rotatable bonds is 5. The van der Waals surface area contributed by atoms with Crippen LogP contribution in [0.5, 0.6) is 5.75 Å². The second kappa shape index (κ2) is 7.56. The van der Waals surface area contributed by atoms with Crippen LogP contribution in [-0.2, 0) is 10.0 Å². The fourth-order valence-corrected chi connectivity index (χ4v) is 4.14. The van der Waals surface area contributed by atoms with Crippen LogP contribution in [0.1, 0.15) is 5.56 Å². The first-order valence-electron chi connectivity index (χ1n) is 9.10. The maximum Gasteiger partial charge on any atom is 0.263 e. The van der Waals surface area contributed by atoms with Crippen molar-refractivity contribution in [3.63, 3.8) is 0 Å². The molecule has 0 spiro atoms. The fourth-order valence-electron chi connectivity index (χ4n) is 3.15. The summed E-state index contributed by atoms with van der Waals surface area (Å²) in [5, 5.41) is 0.941. The Morgan fingerprint density at radius 3 is 2.28 bits per heavy atom. The van der Waals surface area contributed by atoms with Crippen molar-refractivity contribution >= 4 is 26.7 Å². The first kappa shape index (κ1) is 19.0. The van der Waals surface area contributed by atoms with Gasteiger partial charge in [-0.3, -0.25) is 4.72 Å². The number of hydrogen-bond acceptors (Lipinski definition) is 4. The number of para-hydroxylation sites is 1. The lowest BCUT2D eigenvalue weighted by Gasteiger charge is -2.12. The molecular formula is C23H20N2O3S. The molecule has 4 aromatic rings. The fraction of sp³-hybridized carbons (Fsp3) is 0.0870. The van der Waals surface area contributed by atoms with Gasteiger partial charge in [-0.2, -0.15) is 0 Å². The first-order chi connectivity index (χ1) is 14.0. The Bertz CT molecular complexity index is 1270. The summed E-state index contributed by atoms with van der Waals surface area (Å²) >= 11 is 0. The van der Waals surface area contributed by atoms with Crippen LogP contribution < -0.4 is 9.46 Å². The van der Waals surface area contributed by atoms with E-state index in [0.29, 0.717) is 5.52 Å². The molecule has 1 aromatic heterocycles. The molecule has 1 heterocycles. The van der Waals surface area contributed by atoms with E-state index in [1.165, 1.54) is 0 Å². The van der Waals surface area contributed by atoms with E-state index in [4.69, 9.17) is 4.74 Å². The lowest BCUT2D eigenvalue weighted by molar-refractivity contribution is 0.415. The Labute approximate surface area is 170 Å². The highest BCUT2D eigenvalue weighted by atomic mass is 32.2. The number of pyridine rings is 1.